The van der Waals surface area contributed by atoms with Crippen molar-refractivity contribution in [2.45, 2.75) is 96.9 Å². The molecule has 0 saturated carbocycles. The summed E-state index contributed by atoms with van der Waals surface area (Å²) < 4.78 is 5.51. The van der Waals surface area contributed by atoms with Gasteiger partial charge in [0.1, 0.15) is 6.61 Å². The second-order valence-electron chi connectivity index (χ2n) is 5.97. The van der Waals surface area contributed by atoms with Crippen LogP contribution < -0.4 is 0 Å². The lowest BCUT2D eigenvalue weighted by molar-refractivity contribution is 0.314. The third-order valence-electron chi connectivity index (χ3n) is 3.85. The molecule has 0 fully saturated rings. The number of nitrogens with zero attached hydrogens (tertiary/aromatic N) is 1. The van der Waals surface area contributed by atoms with E-state index in [0.29, 0.717) is 6.04 Å². The zero-order chi connectivity index (χ0) is 13.8. The molecule has 1 rings (SSSR count). The first kappa shape index (κ1) is 16.5. The minimum Gasteiger partial charge on any atom is -0.479 e. The fourth-order valence-electron chi connectivity index (χ4n) is 2.61. The largest absolute Gasteiger partial charge is 0.479 e. The quantitative estimate of drug-likeness (QED) is 0.427. The van der Waals surface area contributed by atoms with Gasteiger partial charge < -0.3 is 4.74 Å². The highest BCUT2D eigenvalue weighted by atomic mass is 16.5. The average molecular weight is 267 g/mol. The van der Waals surface area contributed by atoms with Gasteiger partial charge in [0, 0.05) is 6.42 Å². The predicted octanol–water partition coefficient (Wildman–Crippen LogP) is 5.50. The Bertz CT molecular complexity index is 237. The maximum absolute atomic E-state index is 5.51. The molecule has 1 aliphatic heterocycles. The van der Waals surface area contributed by atoms with Crippen LogP contribution in [-0.2, 0) is 4.74 Å². The number of aliphatic imine (C=N–C) groups is 1. The van der Waals surface area contributed by atoms with Gasteiger partial charge in [0.25, 0.3) is 0 Å². The molecule has 0 aromatic heterocycles. The van der Waals surface area contributed by atoms with Gasteiger partial charge in [0.05, 0.1) is 6.04 Å². The summed E-state index contributed by atoms with van der Waals surface area (Å²) in [7, 11) is 0. The summed E-state index contributed by atoms with van der Waals surface area (Å²) in [5, 5.41) is 0. The summed E-state index contributed by atoms with van der Waals surface area (Å²) in [5.41, 5.74) is 0. The van der Waals surface area contributed by atoms with Crippen molar-refractivity contribution in [1.82, 2.24) is 0 Å². The molecular formula is C17H33NO. The van der Waals surface area contributed by atoms with E-state index in [0.717, 1.165) is 18.9 Å². The van der Waals surface area contributed by atoms with Gasteiger partial charge in [-0.2, -0.15) is 0 Å². The topological polar surface area (TPSA) is 21.6 Å². The smallest absolute Gasteiger partial charge is 0.183 e. The molecule has 0 spiro atoms. The molecule has 19 heavy (non-hydrogen) atoms. The Morgan fingerprint density at radius 2 is 1.42 bits per heavy atom. The Kier molecular flexibility index (Phi) is 9.84. The maximum atomic E-state index is 5.51. The standard InChI is InChI=1S/C17H33NO/c1-3-4-5-6-7-8-9-10-11-12-13-14-17-18-16(2)15-19-17/h16H,3-15H2,1-2H3. The Labute approximate surface area is 120 Å². The Morgan fingerprint density at radius 3 is 1.89 bits per heavy atom. The molecular weight excluding hydrogens is 234 g/mol. The van der Waals surface area contributed by atoms with Gasteiger partial charge in [-0.1, -0.05) is 71.1 Å². The van der Waals surface area contributed by atoms with Crippen molar-refractivity contribution in [2.75, 3.05) is 6.61 Å². The molecule has 1 aliphatic rings. The van der Waals surface area contributed by atoms with Crippen molar-refractivity contribution in [3.05, 3.63) is 0 Å². The van der Waals surface area contributed by atoms with Gasteiger partial charge in [-0.3, -0.25) is 0 Å². The van der Waals surface area contributed by atoms with Crippen LogP contribution in [0.2, 0.25) is 0 Å². The van der Waals surface area contributed by atoms with Gasteiger partial charge in [-0.25, -0.2) is 4.99 Å². The molecule has 112 valence electrons. The summed E-state index contributed by atoms with van der Waals surface area (Å²) in [6, 6.07) is 0.391. The van der Waals surface area contributed by atoms with E-state index in [9.17, 15) is 0 Å². The molecule has 0 aromatic rings. The predicted molar refractivity (Wildman–Crippen MR) is 83.9 cm³/mol. The molecule has 0 N–H and O–H groups in total. The van der Waals surface area contributed by atoms with Crippen LogP contribution in [-0.4, -0.2) is 18.5 Å². The van der Waals surface area contributed by atoms with Crippen LogP contribution in [0.5, 0.6) is 0 Å². The van der Waals surface area contributed by atoms with E-state index in [4.69, 9.17) is 4.74 Å². The third-order valence-corrected chi connectivity index (χ3v) is 3.85. The monoisotopic (exact) mass is 267 g/mol. The Balaban J connectivity index is 1.75. The maximum Gasteiger partial charge on any atom is 0.183 e. The van der Waals surface area contributed by atoms with Gasteiger partial charge in [-0.05, 0) is 13.3 Å². The van der Waals surface area contributed by atoms with Crippen LogP contribution in [0.1, 0.15) is 90.9 Å². The van der Waals surface area contributed by atoms with Crippen molar-refractivity contribution in [3.63, 3.8) is 0 Å². The van der Waals surface area contributed by atoms with Crippen LogP contribution >= 0.6 is 0 Å². The fourth-order valence-corrected chi connectivity index (χ4v) is 2.61. The lowest BCUT2D eigenvalue weighted by Gasteiger charge is -2.03. The highest BCUT2D eigenvalue weighted by Gasteiger charge is 2.12. The minimum absolute atomic E-state index is 0.391. The molecule has 0 amide bonds. The molecule has 2 nitrogen and oxygen atoms in total. The zero-order valence-electron chi connectivity index (χ0n) is 13.1. The molecule has 0 bridgehead atoms. The third kappa shape index (κ3) is 9.07. The molecule has 1 heterocycles. The number of hydrogen-bond acceptors (Lipinski definition) is 2. The van der Waals surface area contributed by atoms with E-state index < -0.39 is 0 Å². The van der Waals surface area contributed by atoms with E-state index in [1.54, 1.807) is 0 Å². The van der Waals surface area contributed by atoms with Crippen molar-refractivity contribution in [2.24, 2.45) is 4.99 Å². The van der Waals surface area contributed by atoms with Crippen molar-refractivity contribution >= 4 is 5.90 Å². The molecule has 0 aromatic carbocycles. The summed E-state index contributed by atoms with van der Waals surface area (Å²) in [6.45, 7) is 5.20. The van der Waals surface area contributed by atoms with Crippen LogP contribution in [0, 0.1) is 0 Å². The zero-order valence-corrected chi connectivity index (χ0v) is 13.1. The highest BCUT2D eigenvalue weighted by Crippen LogP contribution is 2.13. The summed E-state index contributed by atoms with van der Waals surface area (Å²) in [4.78, 5) is 4.47. The van der Waals surface area contributed by atoms with E-state index >= 15 is 0 Å². The van der Waals surface area contributed by atoms with E-state index in [1.807, 2.05) is 0 Å². The van der Waals surface area contributed by atoms with Gasteiger partial charge in [-0.15, -0.1) is 0 Å². The van der Waals surface area contributed by atoms with Crippen LogP contribution in [0.25, 0.3) is 0 Å². The second kappa shape index (κ2) is 11.3. The lowest BCUT2D eigenvalue weighted by Crippen LogP contribution is -2.00. The van der Waals surface area contributed by atoms with E-state index in [2.05, 4.69) is 18.8 Å². The van der Waals surface area contributed by atoms with Crippen molar-refractivity contribution < 1.29 is 4.74 Å². The second-order valence-corrected chi connectivity index (χ2v) is 5.97. The average Bonchev–Trinajstić information content (AvgIpc) is 2.82. The molecule has 1 atom stereocenters. The Morgan fingerprint density at radius 1 is 0.895 bits per heavy atom. The van der Waals surface area contributed by atoms with Crippen molar-refractivity contribution in [1.29, 1.82) is 0 Å². The number of rotatable bonds is 12. The van der Waals surface area contributed by atoms with Crippen molar-refractivity contribution in [3.8, 4) is 0 Å². The SMILES string of the molecule is CCCCCCCCCCCCCC1=NC(C)CO1. The molecule has 0 radical (unpaired) electrons. The molecule has 2 heteroatoms. The number of ether oxygens (including phenoxy) is 1. The molecule has 1 unspecified atom stereocenters. The normalized spacial score (nSPS) is 18.4. The summed E-state index contributed by atoms with van der Waals surface area (Å²) in [6.07, 6.45) is 16.4. The van der Waals surface area contributed by atoms with Crippen LogP contribution in [0.4, 0.5) is 0 Å². The van der Waals surface area contributed by atoms with Gasteiger partial charge >= 0.3 is 0 Å². The molecule has 0 aliphatic carbocycles. The van der Waals surface area contributed by atoms with Gasteiger partial charge in [0.2, 0.25) is 0 Å². The first-order valence-electron chi connectivity index (χ1n) is 8.52. The summed E-state index contributed by atoms with van der Waals surface area (Å²) >= 11 is 0. The van der Waals surface area contributed by atoms with Crippen LogP contribution in [0.15, 0.2) is 4.99 Å². The first-order chi connectivity index (χ1) is 9.33. The number of hydrogen-bond donors (Lipinski definition) is 0. The first-order valence-corrected chi connectivity index (χ1v) is 8.52. The number of unbranched alkanes of at least 4 members (excludes halogenated alkanes) is 10. The molecule has 0 saturated heterocycles. The lowest BCUT2D eigenvalue weighted by atomic mass is 10.1. The highest BCUT2D eigenvalue weighted by molar-refractivity contribution is 5.77. The van der Waals surface area contributed by atoms with Gasteiger partial charge in [0.15, 0.2) is 5.90 Å². The van der Waals surface area contributed by atoms with E-state index in [-0.39, 0.29) is 0 Å². The summed E-state index contributed by atoms with van der Waals surface area (Å²) in [5.74, 6) is 1.00. The minimum atomic E-state index is 0.391. The van der Waals surface area contributed by atoms with E-state index in [1.165, 1.54) is 70.6 Å². The van der Waals surface area contributed by atoms with Crippen LogP contribution in [0.3, 0.4) is 0 Å². The fraction of sp³-hybridized carbons (Fsp3) is 0.941. The Hall–Kier alpha value is -0.530.